The van der Waals surface area contributed by atoms with E-state index in [2.05, 4.69) is 15.3 Å². The molecule has 3 heterocycles. The third kappa shape index (κ3) is 3.53. The minimum Gasteiger partial charge on any atom is -0.484 e. The Kier molecular flexibility index (Phi) is 4.17. The second-order valence-electron chi connectivity index (χ2n) is 5.13. The molecule has 1 N–H and O–H groups in total. The van der Waals surface area contributed by atoms with Crippen LogP contribution in [0.3, 0.4) is 0 Å². The molecule has 1 aliphatic heterocycles. The summed E-state index contributed by atoms with van der Waals surface area (Å²) in [6.07, 6.45) is 3.40. The zero-order chi connectivity index (χ0) is 17.1. The molecule has 0 saturated heterocycles. The summed E-state index contributed by atoms with van der Waals surface area (Å²) in [6, 6.07) is 8.90. The minimum absolute atomic E-state index is 0.121. The van der Waals surface area contributed by atoms with Gasteiger partial charge in [-0.3, -0.25) is 15.1 Å². The number of rotatable bonds is 5. The van der Waals surface area contributed by atoms with Crippen molar-refractivity contribution in [1.29, 1.82) is 0 Å². The number of fused-ring (bicyclic) bond motifs is 1. The van der Waals surface area contributed by atoms with Gasteiger partial charge >= 0.3 is 0 Å². The van der Waals surface area contributed by atoms with Crippen molar-refractivity contribution in [1.82, 2.24) is 9.97 Å². The van der Waals surface area contributed by atoms with Crippen LogP contribution in [0, 0.1) is 0 Å². The lowest BCUT2D eigenvalue weighted by molar-refractivity contribution is -0.118. The summed E-state index contributed by atoms with van der Waals surface area (Å²) in [7, 11) is 0. The highest BCUT2D eigenvalue weighted by Crippen LogP contribution is 2.35. The van der Waals surface area contributed by atoms with Gasteiger partial charge in [0.05, 0.1) is 5.69 Å². The summed E-state index contributed by atoms with van der Waals surface area (Å²) in [5.74, 6) is 1.53. The Bertz CT molecular complexity index is 898. The van der Waals surface area contributed by atoms with Crippen LogP contribution in [0.1, 0.15) is 0 Å². The number of hydrogen-bond donors (Lipinski definition) is 1. The Labute approximate surface area is 147 Å². The van der Waals surface area contributed by atoms with Gasteiger partial charge in [-0.25, -0.2) is 4.98 Å². The summed E-state index contributed by atoms with van der Waals surface area (Å²) in [5.41, 5.74) is 1.74. The van der Waals surface area contributed by atoms with E-state index in [0.29, 0.717) is 22.4 Å². The van der Waals surface area contributed by atoms with Crippen LogP contribution in [-0.4, -0.2) is 29.3 Å². The topological polar surface area (TPSA) is 82.6 Å². The molecule has 1 amide bonds. The van der Waals surface area contributed by atoms with Crippen molar-refractivity contribution < 1.29 is 19.0 Å². The first-order chi connectivity index (χ1) is 12.3. The van der Waals surface area contributed by atoms with Gasteiger partial charge in [0, 0.05) is 29.4 Å². The van der Waals surface area contributed by atoms with Gasteiger partial charge in [0.2, 0.25) is 6.79 Å². The number of carbonyl (C=O) groups is 1. The highest BCUT2D eigenvalue weighted by atomic mass is 32.1. The average Bonchev–Trinajstić information content (AvgIpc) is 3.29. The van der Waals surface area contributed by atoms with E-state index in [0.717, 1.165) is 11.3 Å². The normalized spacial score (nSPS) is 12.0. The smallest absolute Gasteiger partial charge is 0.264 e. The number of carbonyl (C=O) groups excluding carboxylic acids is 1. The SMILES string of the molecule is O=C(COc1ccc2c(c1)OCO2)Nc1nc(-c2ccncc2)cs1. The van der Waals surface area contributed by atoms with Gasteiger partial charge in [0.1, 0.15) is 5.75 Å². The van der Waals surface area contributed by atoms with Crippen molar-refractivity contribution >= 4 is 22.4 Å². The lowest BCUT2D eigenvalue weighted by Crippen LogP contribution is -2.20. The third-order valence-corrected chi connectivity index (χ3v) is 4.20. The van der Waals surface area contributed by atoms with E-state index in [1.54, 1.807) is 30.6 Å². The Hall–Kier alpha value is -3.13. The van der Waals surface area contributed by atoms with E-state index < -0.39 is 0 Å². The van der Waals surface area contributed by atoms with Crippen LogP contribution in [-0.2, 0) is 4.79 Å². The van der Waals surface area contributed by atoms with Crippen molar-refractivity contribution in [2.24, 2.45) is 0 Å². The predicted octanol–water partition coefficient (Wildman–Crippen LogP) is 2.95. The van der Waals surface area contributed by atoms with E-state index in [1.807, 2.05) is 17.5 Å². The van der Waals surface area contributed by atoms with Crippen molar-refractivity contribution in [3.8, 4) is 28.5 Å². The molecule has 0 unspecified atom stereocenters. The van der Waals surface area contributed by atoms with Gasteiger partial charge in [-0.15, -0.1) is 11.3 Å². The van der Waals surface area contributed by atoms with Crippen molar-refractivity contribution in [3.63, 3.8) is 0 Å². The third-order valence-electron chi connectivity index (χ3n) is 3.44. The molecule has 25 heavy (non-hydrogen) atoms. The summed E-state index contributed by atoms with van der Waals surface area (Å²) < 4.78 is 16.0. The van der Waals surface area contributed by atoms with Gasteiger partial charge in [-0.05, 0) is 24.3 Å². The van der Waals surface area contributed by atoms with Crippen LogP contribution >= 0.6 is 11.3 Å². The second-order valence-corrected chi connectivity index (χ2v) is 5.98. The molecule has 7 nitrogen and oxygen atoms in total. The van der Waals surface area contributed by atoms with E-state index in [9.17, 15) is 4.79 Å². The molecule has 1 aliphatic rings. The summed E-state index contributed by atoms with van der Waals surface area (Å²) in [6.45, 7) is 0.0763. The molecule has 0 saturated carbocycles. The highest BCUT2D eigenvalue weighted by Gasteiger charge is 2.14. The average molecular weight is 355 g/mol. The van der Waals surface area contributed by atoms with Gasteiger partial charge in [-0.1, -0.05) is 0 Å². The Balaban J connectivity index is 1.34. The largest absolute Gasteiger partial charge is 0.484 e. The van der Waals surface area contributed by atoms with E-state index >= 15 is 0 Å². The van der Waals surface area contributed by atoms with Crippen LogP contribution in [0.2, 0.25) is 0 Å². The number of ether oxygens (including phenoxy) is 3. The Morgan fingerprint density at radius 2 is 2.04 bits per heavy atom. The van der Waals surface area contributed by atoms with Crippen molar-refractivity contribution in [2.75, 3.05) is 18.7 Å². The van der Waals surface area contributed by atoms with E-state index in [1.165, 1.54) is 11.3 Å². The van der Waals surface area contributed by atoms with Crippen LogP contribution in [0.15, 0.2) is 48.1 Å². The molecule has 0 bridgehead atoms. The Morgan fingerprint density at radius 3 is 2.92 bits per heavy atom. The highest BCUT2D eigenvalue weighted by molar-refractivity contribution is 7.14. The molecule has 8 heteroatoms. The molecular formula is C17H13N3O4S. The van der Waals surface area contributed by atoms with Crippen LogP contribution < -0.4 is 19.5 Å². The predicted molar refractivity (Wildman–Crippen MR) is 92.0 cm³/mol. The number of benzene rings is 1. The van der Waals surface area contributed by atoms with Crippen LogP contribution in [0.5, 0.6) is 17.2 Å². The first-order valence-electron chi connectivity index (χ1n) is 7.46. The molecule has 4 rings (SSSR count). The molecule has 126 valence electrons. The van der Waals surface area contributed by atoms with Gasteiger partial charge in [0.15, 0.2) is 23.2 Å². The maximum atomic E-state index is 12.0. The number of nitrogens with one attached hydrogen (secondary N) is 1. The summed E-state index contributed by atoms with van der Waals surface area (Å²) >= 11 is 1.36. The molecule has 0 aliphatic carbocycles. The number of aromatic nitrogens is 2. The van der Waals surface area contributed by atoms with Crippen LogP contribution in [0.25, 0.3) is 11.3 Å². The molecule has 0 atom stereocenters. The fraction of sp³-hybridized carbons (Fsp3) is 0.118. The number of anilines is 1. The fourth-order valence-electron chi connectivity index (χ4n) is 2.26. The van der Waals surface area contributed by atoms with Gasteiger partial charge < -0.3 is 14.2 Å². The molecule has 2 aromatic heterocycles. The monoisotopic (exact) mass is 355 g/mol. The fourth-order valence-corrected chi connectivity index (χ4v) is 2.99. The molecule has 0 spiro atoms. The van der Waals surface area contributed by atoms with E-state index in [4.69, 9.17) is 14.2 Å². The quantitative estimate of drug-likeness (QED) is 0.758. The van der Waals surface area contributed by atoms with Crippen molar-refractivity contribution in [3.05, 3.63) is 48.1 Å². The van der Waals surface area contributed by atoms with Gasteiger partial charge in [0.25, 0.3) is 5.91 Å². The molecule has 3 aromatic rings. The van der Waals surface area contributed by atoms with E-state index in [-0.39, 0.29) is 19.3 Å². The number of nitrogens with zero attached hydrogens (tertiary/aromatic N) is 2. The summed E-state index contributed by atoms with van der Waals surface area (Å²) in [4.78, 5) is 20.4. The molecule has 1 aromatic carbocycles. The molecule has 0 fully saturated rings. The number of pyridine rings is 1. The second kappa shape index (κ2) is 6.78. The first kappa shape index (κ1) is 15.4. The zero-order valence-corrected chi connectivity index (χ0v) is 13.8. The van der Waals surface area contributed by atoms with Gasteiger partial charge in [-0.2, -0.15) is 0 Å². The Morgan fingerprint density at radius 1 is 1.20 bits per heavy atom. The lowest BCUT2D eigenvalue weighted by atomic mass is 10.2. The number of thiazole rings is 1. The van der Waals surface area contributed by atoms with Crippen LogP contribution in [0.4, 0.5) is 5.13 Å². The first-order valence-corrected chi connectivity index (χ1v) is 8.34. The number of amides is 1. The minimum atomic E-state index is -0.284. The molecular weight excluding hydrogens is 342 g/mol. The number of hydrogen-bond acceptors (Lipinski definition) is 7. The molecule has 0 radical (unpaired) electrons. The van der Waals surface area contributed by atoms with Crippen molar-refractivity contribution in [2.45, 2.75) is 0 Å². The zero-order valence-electron chi connectivity index (χ0n) is 13.0. The summed E-state index contributed by atoms with van der Waals surface area (Å²) in [5, 5.41) is 5.12. The lowest BCUT2D eigenvalue weighted by Gasteiger charge is -2.06. The maximum absolute atomic E-state index is 12.0. The standard InChI is InChI=1S/C17H13N3O4S/c21-16(8-22-12-1-2-14-15(7-12)24-10-23-14)20-17-19-13(9-25-17)11-3-5-18-6-4-11/h1-7,9H,8,10H2,(H,19,20,21). The maximum Gasteiger partial charge on any atom is 0.264 e.